The average molecular weight is 583 g/mol. The third-order valence-electron chi connectivity index (χ3n) is 8.54. The molecule has 1 aliphatic carbocycles. The molecule has 0 spiro atoms. The summed E-state index contributed by atoms with van der Waals surface area (Å²) < 4.78 is 0. The van der Waals surface area contributed by atoms with Crippen molar-refractivity contribution in [2.45, 2.75) is 20.8 Å². The number of rotatable bonds is 5. The van der Waals surface area contributed by atoms with Crippen molar-refractivity contribution < 1.29 is 0 Å². The van der Waals surface area contributed by atoms with Gasteiger partial charge in [-0.25, -0.2) is 0 Å². The lowest BCUT2D eigenvalue weighted by atomic mass is 9.94. The van der Waals surface area contributed by atoms with E-state index in [-0.39, 0.29) is 6.15 Å². The van der Waals surface area contributed by atoms with Crippen LogP contribution in [0.25, 0.3) is 55.3 Å². The molecule has 7 aromatic carbocycles. The zero-order valence-electron chi connectivity index (χ0n) is 26.2. The minimum Gasteiger partial charge on any atom is -0.344 e. The number of nitrogens with zero attached hydrogens (tertiary/aromatic N) is 1. The number of fused-ring (bicyclic) bond motifs is 3. The zero-order chi connectivity index (χ0) is 30.0. The number of hydrogen-bond donors (Lipinski definition) is 1. The Balaban J connectivity index is 0.00000117. The maximum Gasteiger partial charge on any atom is 0.0467 e. The van der Waals surface area contributed by atoms with Crippen LogP contribution in [0.2, 0.25) is 0 Å². The van der Waals surface area contributed by atoms with Crippen LogP contribution in [-0.4, -0.2) is 0 Å². The van der Waals surface area contributed by atoms with E-state index >= 15 is 0 Å². The highest BCUT2D eigenvalue weighted by Gasteiger charge is 2.22. The second kappa shape index (κ2) is 12.7. The Morgan fingerprint density at radius 1 is 0.378 bits per heavy atom. The first-order valence-electron chi connectivity index (χ1n) is 15.5. The highest BCUT2D eigenvalue weighted by Crippen LogP contribution is 2.49. The minimum atomic E-state index is 0. The van der Waals surface area contributed by atoms with Gasteiger partial charge in [-0.1, -0.05) is 135 Å². The molecule has 0 aromatic heterocycles. The van der Waals surface area contributed by atoms with Crippen molar-refractivity contribution in [2.24, 2.45) is 0 Å². The fourth-order valence-corrected chi connectivity index (χ4v) is 6.61. The van der Waals surface area contributed by atoms with Crippen LogP contribution in [-0.2, 0) is 0 Å². The first-order chi connectivity index (χ1) is 21.8. The molecule has 8 rings (SSSR count). The quantitative estimate of drug-likeness (QED) is 0.219. The van der Waals surface area contributed by atoms with Crippen molar-refractivity contribution >= 4 is 27.8 Å². The number of para-hydroxylation sites is 1. The van der Waals surface area contributed by atoms with Gasteiger partial charge in [-0.2, -0.15) is 0 Å². The van der Waals surface area contributed by atoms with E-state index < -0.39 is 0 Å². The number of anilines is 3. The summed E-state index contributed by atoms with van der Waals surface area (Å²) in [5.41, 5.74) is 14.9. The van der Waals surface area contributed by atoms with Gasteiger partial charge >= 0.3 is 0 Å². The van der Waals surface area contributed by atoms with Gasteiger partial charge in [0, 0.05) is 17.1 Å². The van der Waals surface area contributed by atoms with E-state index in [2.05, 4.69) is 170 Å². The summed E-state index contributed by atoms with van der Waals surface area (Å²) in [6, 6.07) is 57.2. The highest BCUT2D eigenvalue weighted by atomic mass is 15.1. The Kier molecular flexibility index (Phi) is 8.33. The molecular weight excluding hydrogens is 544 g/mol. The molecule has 0 atom stereocenters. The molecule has 0 aliphatic heterocycles. The molecule has 0 bridgehead atoms. The third-order valence-corrected chi connectivity index (χ3v) is 8.54. The molecule has 2 nitrogen and oxygen atoms in total. The van der Waals surface area contributed by atoms with Crippen LogP contribution in [0.3, 0.4) is 0 Å². The van der Waals surface area contributed by atoms with E-state index in [1.807, 2.05) is 13.8 Å². The van der Waals surface area contributed by atoms with Gasteiger partial charge in [0.2, 0.25) is 0 Å². The fourth-order valence-electron chi connectivity index (χ4n) is 6.61. The lowest BCUT2D eigenvalue weighted by molar-refractivity contribution is 1.28. The van der Waals surface area contributed by atoms with Crippen LogP contribution in [0.1, 0.15) is 19.4 Å². The molecule has 1 aliphatic rings. The zero-order valence-corrected chi connectivity index (χ0v) is 26.2. The van der Waals surface area contributed by atoms with Gasteiger partial charge < -0.3 is 11.1 Å². The van der Waals surface area contributed by atoms with E-state index in [4.69, 9.17) is 0 Å². The second-order valence-corrected chi connectivity index (χ2v) is 11.0. The van der Waals surface area contributed by atoms with Crippen LogP contribution in [0.4, 0.5) is 17.1 Å². The third kappa shape index (κ3) is 5.20. The standard InChI is InChI=1S/C41H29N.C2H6.H3N/c1-28-12-5-6-19-34(28)29-13-9-17-32(26-29)42(31-15-3-2-4-16-31)33-18-10-14-30(27-33)35-24-25-40-37-21-8-7-20-36(37)39-23-11-22-38(35)41(39)40;1-2;/h2-27H,1H3;1-2H3;1H3. The molecule has 0 saturated carbocycles. The first kappa shape index (κ1) is 29.6. The molecule has 2 heteroatoms. The van der Waals surface area contributed by atoms with Crippen LogP contribution < -0.4 is 11.1 Å². The number of hydrogen-bond acceptors (Lipinski definition) is 2. The highest BCUT2D eigenvalue weighted by molar-refractivity contribution is 6.18. The molecule has 220 valence electrons. The van der Waals surface area contributed by atoms with Gasteiger partial charge in [0.1, 0.15) is 0 Å². The predicted octanol–water partition coefficient (Wildman–Crippen LogP) is 12.8. The summed E-state index contributed by atoms with van der Waals surface area (Å²) in [6.45, 7) is 6.18. The molecule has 7 aromatic rings. The number of benzene rings is 7. The topological polar surface area (TPSA) is 38.2 Å². The summed E-state index contributed by atoms with van der Waals surface area (Å²) >= 11 is 0. The van der Waals surface area contributed by atoms with Crippen LogP contribution in [0.15, 0.2) is 158 Å². The summed E-state index contributed by atoms with van der Waals surface area (Å²) in [5, 5.41) is 2.65. The van der Waals surface area contributed by atoms with Crippen molar-refractivity contribution in [3.63, 3.8) is 0 Å². The van der Waals surface area contributed by atoms with E-state index in [0.29, 0.717) is 0 Å². The summed E-state index contributed by atoms with van der Waals surface area (Å²) in [6.07, 6.45) is 0. The average Bonchev–Trinajstić information content (AvgIpc) is 3.42. The smallest absolute Gasteiger partial charge is 0.0467 e. The molecule has 0 unspecified atom stereocenters. The van der Waals surface area contributed by atoms with E-state index in [1.165, 1.54) is 60.8 Å². The minimum absolute atomic E-state index is 0. The molecule has 0 heterocycles. The Labute approximate surface area is 266 Å². The molecule has 3 N–H and O–H groups in total. The second-order valence-electron chi connectivity index (χ2n) is 11.0. The molecule has 0 radical (unpaired) electrons. The predicted molar refractivity (Wildman–Crippen MR) is 195 cm³/mol. The molecule has 0 fully saturated rings. The van der Waals surface area contributed by atoms with Crippen molar-refractivity contribution in [2.75, 3.05) is 4.90 Å². The van der Waals surface area contributed by atoms with Crippen molar-refractivity contribution in [1.29, 1.82) is 0 Å². The summed E-state index contributed by atoms with van der Waals surface area (Å²) in [5.74, 6) is 0. The molecule has 0 amide bonds. The largest absolute Gasteiger partial charge is 0.344 e. The molecule has 0 saturated heterocycles. The lowest BCUT2D eigenvalue weighted by Crippen LogP contribution is -2.10. The van der Waals surface area contributed by atoms with E-state index in [0.717, 1.165) is 17.1 Å². The summed E-state index contributed by atoms with van der Waals surface area (Å²) in [7, 11) is 0. The van der Waals surface area contributed by atoms with Gasteiger partial charge in [-0.3, -0.25) is 0 Å². The van der Waals surface area contributed by atoms with E-state index in [1.54, 1.807) is 0 Å². The Bertz CT molecular complexity index is 2080. The first-order valence-corrected chi connectivity index (χ1v) is 15.5. The molecule has 45 heavy (non-hydrogen) atoms. The maximum atomic E-state index is 2.36. The van der Waals surface area contributed by atoms with Crippen LogP contribution in [0.5, 0.6) is 0 Å². The monoisotopic (exact) mass is 582 g/mol. The van der Waals surface area contributed by atoms with Gasteiger partial charge in [0.25, 0.3) is 0 Å². The Hall–Kier alpha value is -5.44. The van der Waals surface area contributed by atoms with Gasteiger partial charge in [0.15, 0.2) is 0 Å². The Morgan fingerprint density at radius 3 is 1.49 bits per heavy atom. The van der Waals surface area contributed by atoms with Crippen LogP contribution in [0, 0.1) is 6.92 Å². The normalized spacial score (nSPS) is 10.8. The maximum absolute atomic E-state index is 2.36. The van der Waals surface area contributed by atoms with Crippen molar-refractivity contribution in [1.82, 2.24) is 6.15 Å². The van der Waals surface area contributed by atoms with Gasteiger partial charge in [-0.05, 0) is 104 Å². The fraction of sp³-hybridized carbons (Fsp3) is 0.0698. The van der Waals surface area contributed by atoms with Gasteiger partial charge in [0.05, 0.1) is 0 Å². The summed E-state index contributed by atoms with van der Waals surface area (Å²) in [4.78, 5) is 2.36. The molecular formula is C43H38N2. The van der Waals surface area contributed by atoms with Crippen molar-refractivity contribution in [3.8, 4) is 44.5 Å². The SMILES string of the molecule is CC.Cc1ccccc1-c1cccc(N(c2ccccc2)c2cccc(-c3ccc4c5c(cccc35)-c3ccccc3-4)c2)c1.N. The van der Waals surface area contributed by atoms with E-state index in [9.17, 15) is 0 Å². The van der Waals surface area contributed by atoms with Gasteiger partial charge in [-0.15, -0.1) is 0 Å². The lowest BCUT2D eigenvalue weighted by Gasteiger charge is -2.26. The van der Waals surface area contributed by atoms with Crippen LogP contribution >= 0.6 is 0 Å². The number of aryl methyl sites for hydroxylation is 1. The van der Waals surface area contributed by atoms with Crippen molar-refractivity contribution in [3.05, 3.63) is 163 Å². The Morgan fingerprint density at radius 2 is 0.844 bits per heavy atom.